The Morgan fingerprint density at radius 1 is 1.41 bits per heavy atom. The molecule has 0 fully saturated rings. The second kappa shape index (κ2) is 6.07. The maximum Gasteiger partial charge on any atom is 0.248 e. The molecule has 2 aromatic rings. The second-order valence-corrected chi connectivity index (χ2v) is 5.16. The number of halogens is 1. The van der Waals surface area contributed by atoms with E-state index in [4.69, 9.17) is 21.1 Å². The number of amides is 1. The van der Waals surface area contributed by atoms with E-state index >= 15 is 0 Å². The molecule has 112 valence electrons. The summed E-state index contributed by atoms with van der Waals surface area (Å²) in [6.07, 6.45) is 6.38. The fraction of sp³-hybridized carbons (Fsp3) is 0.125. The van der Waals surface area contributed by atoms with Crippen LogP contribution in [-0.2, 0) is 4.79 Å². The van der Waals surface area contributed by atoms with E-state index in [0.717, 1.165) is 11.1 Å². The van der Waals surface area contributed by atoms with Crippen LogP contribution in [0.1, 0.15) is 11.1 Å². The number of hydrogen-bond acceptors (Lipinski definition) is 4. The summed E-state index contributed by atoms with van der Waals surface area (Å²) < 4.78 is 10.5. The number of hydrogen-bond donors (Lipinski definition) is 1. The molecule has 1 amide bonds. The van der Waals surface area contributed by atoms with Crippen molar-refractivity contribution in [3.8, 4) is 11.5 Å². The predicted octanol–water partition coefficient (Wildman–Crippen LogP) is 3.42. The Labute approximate surface area is 132 Å². The second-order valence-electron chi connectivity index (χ2n) is 4.75. The lowest BCUT2D eigenvalue weighted by molar-refractivity contribution is -0.111. The first-order valence-electron chi connectivity index (χ1n) is 6.62. The summed E-state index contributed by atoms with van der Waals surface area (Å²) in [6, 6.07) is 5.32. The van der Waals surface area contributed by atoms with Gasteiger partial charge in [0.25, 0.3) is 0 Å². The van der Waals surface area contributed by atoms with E-state index in [1.165, 1.54) is 6.08 Å². The van der Waals surface area contributed by atoms with Crippen molar-refractivity contribution >= 4 is 29.3 Å². The van der Waals surface area contributed by atoms with Gasteiger partial charge in [0.2, 0.25) is 12.7 Å². The van der Waals surface area contributed by atoms with Gasteiger partial charge in [-0.05, 0) is 42.3 Å². The van der Waals surface area contributed by atoms with E-state index in [1.807, 2.05) is 13.0 Å². The number of carbonyl (C=O) groups excluding carboxylic acids is 1. The summed E-state index contributed by atoms with van der Waals surface area (Å²) in [5, 5.41) is 3.23. The number of carbonyl (C=O) groups is 1. The zero-order valence-corrected chi connectivity index (χ0v) is 12.6. The molecule has 0 bridgehead atoms. The highest BCUT2D eigenvalue weighted by Gasteiger charge is 2.17. The number of aromatic nitrogens is 1. The molecule has 0 atom stereocenters. The standard InChI is InChI=1S/C16H13ClN2O3/c1-10-4-5-18-8-13(10)19-15(20)3-2-11-6-12(17)16-14(7-11)21-9-22-16/h2-8H,9H2,1H3,(H,19,20). The lowest BCUT2D eigenvalue weighted by Gasteiger charge is -2.05. The molecular weight excluding hydrogens is 304 g/mol. The molecule has 1 aliphatic heterocycles. The van der Waals surface area contributed by atoms with Gasteiger partial charge in [0.05, 0.1) is 16.9 Å². The molecule has 0 radical (unpaired) electrons. The Hall–Kier alpha value is -2.53. The monoisotopic (exact) mass is 316 g/mol. The van der Waals surface area contributed by atoms with Gasteiger partial charge in [-0.2, -0.15) is 0 Å². The Kier molecular flexibility index (Phi) is 3.98. The lowest BCUT2D eigenvalue weighted by atomic mass is 10.2. The molecule has 0 saturated carbocycles. The summed E-state index contributed by atoms with van der Waals surface area (Å²) >= 11 is 6.09. The van der Waals surface area contributed by atoms with Crippen LogP contribution in [0.4, 0.5) is 5.69 Å². The van der Waals surface area contributed by atoms with Gasteiger partial charge >= 0.3 is 0 Å². The van der Waals surface area contributed by atoms with Gasteiger partial charge in [0.15, 0.2) is 11.5 Å². The Morgan fingerprint density at radius 3 is 3.09 bits per heavy atom. The van der Waals surface area contributed by atoms with Crippen LogP contribution in [0.15, 0.2) is 36.7 Å². The fourth-order valence-corrected chi connectivity index (χ4v) is 2.30. The summed E-state index contributed by atoms with van der Waals surface area (Å²) in [5.74, 6) is 0.870. The van der Waals surface area contributed by atoms with E-state index in [2.05, 4.69) is 10.3 Å². The number of pyridine rings is 1. The van der Waals surface area contributed by atoms with E-state index in [0.29, 0.717) is 22.2 Å². The molecular formula is C16H13ClN2O3. The SMILES string of the molecule is Cc1ccncc1NC(=O)C=Cc1cc(Cl)c2c(c1)OCO2. The fourth-order valence-electron chi connectivity index (χ4n) is 2.02. The molecule has 2 heterocycles. The first-order valence-corrected chi connectivity index (χ1v) is 7.00. The van der Waals surface area contributed by atoms with Gasteiger partial charge in [-0.25, -0.2) is 0 Å². The molecule has 0 unspecified atom stereocenters. The maximum atomic E-state index is 11.9. The first-order chi connectivity index (χ1) is 10.6. The molecule has 0 aliphatic carbocycles. The average molecular weight is 317 g/mol. The Bertz CT molecular complexity index is 759. The summed E-state index contributed by atoms with van der Waals surface area (Å²) in [6.45, 7) is 2.06. The quantitative estimate of drug-likeness (QED) is 0.881. The highest BCUT2D eigenvalue weighted by Crippen LogP contribution is 2.40. The first kappa shape index (κ1) is 14.4. The topological polar surface area (TPSA) is 60.5 Å². The van der Waals surface area contributed by atoms with Gasteiger partial charge in [-0.3, -0.25) is 9.78 Å². The zero-order valence-electron chi connectivity index (χ0n) is 11.8. The minimum absolute atomic E-state index is 0.156. The van der Waals surface area contributed by atoms with Gasteiger partial charge < -0.3 is 14.8 Å². The molecule has 0 spiro atoms. The Balaban J connectivity index is 1.73. The number of nitrogens with one attached hydrogen (secondary N) is 1. The molecule has 22 heavy (non-hydrogen) atoms. The molecule has 6 heteroatoms. The minimum atomic E-state index is -0.245. The predicted molar refractivity (Wildman–Crippen MR) is 84.2 cm³/mol. The number of fused-ring (bicyclic) bond motifs is 1. The van der Waals surface area contributed by atoms with Crippen LogP contribution < -0.4 is 14.8 Å². The number of rotatable bonds is 3. The molecule has 1 aromatic heterocycles. The van der Waals surface area contributed by atoms with Crippen LogP contribution in [0.25, 0.3) is 6.08 Å². The lowest BCUT2D eigenvalue weighted by Crippen LogP contribution is -2.09. The number of ether oxygens (including phenoxy) is 2. The highest BCUT2D eigenvalue weighted by atomic mass is 35.5. The third-order valence-corrected chi connectivity index (χ3v) is 3.45. The molecule has 3 rings (SSSR count). The van der Waals surface area contributed by atoms with Crippen molar-refractivity contribution in [1.82, 2.24) is 4.98 Å². The van der Waals surface area contributed by atoms with Crippen LogP contribution >= 0.6 is 11.6 Å². The molecule has 5 nitrogen and oxygen atoms in total. The molecule has 0 saturated heterocycles. The van der Waals surface area contributed by atoms with Crippen molar-refractivity contribution in [2.75, 3.05) is 12.1 Å². The largest absolute Gasteiger partial charge is 0.454 e. The normalized spacial score (nSPS) is 12.6. The number of benzene rings is 1. The van der Waals surface area contributed by atoms with Crippen molar-refractivity contribution in [2.45, 2.75) is 6.92 Å². The van der Waals surface area contributed by atoms with Crippen molar-refractivity contribution in [1.29, 1.82) is 0 Å². The summed E-state index contributed by atoms with van der Waals surface area (Å²) in [4.78, 5) is 15.9. The van der Waals surface area contributed by atoms with Gasteiger partial charge in [0, 0.05) is 12.3 Å². The molecule has 1 aromatic carbocycles. The van der Waals surface area contributed by atoms with E-state index in [-0.39, 0.29) is 12.7 Å². The van der Waals surface area contributed by atoms with Crippen LogP contribution in [0.3, 0.4) is 0 Å². The number of anilines is 1. The molecule has 1 N–H and O–H groups in total. The van der Waals surface area contributed by atoms with Gasteiger partial charge in [-0.15, -0.1) is 0 Å². The Morgan fingerprint density at radius 2 is 2.27 bits per heavy atom. The minimum Gasteiger partial charge on any atom is -0.454 e. The van der Waals surface area contributed by atoms with Crippen LogP contribution in [-0.4, -0.2) is 17.7 Å². The number of aryl methyl sites for hydroxylation is 1. The van der Waals surface area contributed by atoms with E-state index < -0.39 is 0 Å². The van der Waals surface area contributed by atoms with Crippen molar-refractivity contribution in [3.05, 3.63) is 52.8 Å². The zero-order chi connectivity index (χ0) is 15.5. The van der Waals surface area contributed by atoms with Gasteiger partial charge in [0.1, 0.15) is 0 Å². The van der Waals surface area contributed by atoms with Crippen molar-refractivity contribution < 1.29 is 14.3 Å². The smallest absolute Gasteiger partial charge is 0.248 e. The van der Waals surface area contributed by atoms with E-state index in [1.54, 1.807) is 30.6 Å². The third-order valence-electron chi connectivity index (χ3n) is 3.17. The van der Waals surface area contributed by atoms with Crippen molar-refractivity contribution in [2.24, 2.45) is 0 Å². The van der Waals surface area contributed by atoms with Crippen LogP contribution in [0, 0.1) is 6.92 Å². The van der Waals surface area contributed by atoms with Crippen LogP contribution in [0.5, 0.6) is 11.5 Å². The third kappa shape index (κ3) is 3.04. The molecule has 1 aliphatic rings. The van der Waals surface area contributed by atoms with Crippen LogP contribution in [0.2, 0.25) is 5.02 Å². The van der Waals surface area contributed by atoms with Gasteiger partial charge in [-0.1, -0.05) is 11.6 Å². The summed E-state index contributed by atoms with van der Waals surface area (Å²) in [5.41, 5.74) is 2.39. The van der Waals surface area contributed by atoms with Crippen molar-refractivity contribution in [3.63, 3.8) is 0 Å². The highest BCUT2D eigenvalue weighted by molar-refractivity contribution is 6.32. The van der Waals surface area contributed by atoms with E-state index in [9.17, 15) is 4.79 Å². The maximum absolute atomic E-state index is 11.9. The summed E-state index contributed by atoms with van der Waals surface area (Å²) in [7, 11) is 0. The average Bonchev–Trinajstić information content (AvgIpc) is 2.97. The number of nitrogens with zero attached hydrogens (tertiary/aromatic N) is 1.